The maximum absolute atomic E-state index is 11.3. The molecule has 1 rings (SSSR count). The Kier molecular flexibility index (Phi) is 3.13. The summed E-state index contributed by atoms with van der Waals surface area (Å²) >= 11 is 0. The van der Waals surface area contributed by atoms with E-state index < -0.39 is 21.7 Å². The molecule has 0 aliphatic heterocycles. The van der Waals surface area contributed by atoms with Crippen molar-refractivity contribution < 1.29 is 18.3 Å². The van der Waals surface area contributed by atoms with Crippen LogP contribution in [0.25, 0.3) is 0 Å². The van der Waals surface area contributed by atoms with Crippen LogP contribution in [-0.4, -0.2) is 31.6 Å². The summed E-state index contributed by atoms with van der Waals surface area (Å²) in [5.41, 5.74) is -1.25. The number of carbonyl (C=O) groups is 1. The van der Waals surface area contributed by atoms with E-state index in [1.165, 1.54) is 0 Å². The smallest absolute Gasteiger partial charge is 0.324 e. The molecule has 0 radical (unpaired) electrons. The largest absolute Gasteiger partial charge is 0.480 e. The first-order valence-corrected chi connectivity index (χ1v) is 5.92. The summed E-state index contributed by atoms with van der Waals surface area (Å²) < 4.78 is 26.9. The Morgan fingerprint density at radius 2 is 2.07 bits per heavy atom. The lowest BCUT2D eigenvalue weighted by Gasteiger charge is -2.12. The second-order valence-electron chi connectivity index (χ2n) is 3.39. The van der Waals surface area contributed by atoms with Crippen LogP contribution in [-0.2, 0) is 15.0 Å². The third-order valence-electron chi connectivity index (χ3n) is 2.03. The number of carboxylic acids is 1. The van der Waals surface area contributed by atoms with Crippen LogP contribution in [0.3, 0.4) is 0 Å². The van der Waals surface area contributed by atoms with Gasteiger partial charge in [0.15, 0.2) is 0 Å². The lowest BCUT2D eigenvalue weighted by Crippen LogP contribution is -2.48. The van der Waals surface area contributed by atoms with Crippen LogP contribution in [0.15, 0.2) is 0 Å². The molecule has 1 aliphatic carbocycles. The minimum absolute atomic E-state index is 0.311. The predicted octanol–water partition coefficient (Wildman–Crippen LogP) is -0.562. The third kappa shape index (κ3) is 2.66. The van der Waals surface area contributed by atoms with Gasteiger partial charge in [-0.2, -0.15) is 13.1 Å². The van der Waals surface area contributed by atoms with E-state index in [-0.39, 0.29) is 0 Å². The van der Waals surface area contributed by atoms with Gasteiger partial charge in [0, 0.05) is 6.54 Å². The summed E-state index contributed by atoms with van der Waals surface area (Å²) in [5.74, 6) is -1.11. The summed E-state index contributed by atoms with van der Waals surface area (Å²) in [6.45, 7) is 2.14. The van der Waals surface area contributed by atoms with Crippen molar-refractivity contribution >= 4 is 16.2 Å². The predicted molar refractivity (Wildman–Crippen MR) is 50.0 cm³/mol. The third-order valence-corrected chi connectivity index (χ3v) is 3.27. The van der Waals surface area contributed by atoms with E-state index in [1.807, 2.05) is 6.92 Å². The van der Waals surface area contributed by atoms with Crippen molar-refractivity contribution in [1.29, 1.82) is 0 Å². The van der Waals surface area contributed by atoms with Crippen molar-refractivity contribution in [1.82, 2.24) is 9.44 Å². The van der Waals surface area contributed by atoms with Gasteiger partial charge < -0.3 is 5.11 Å². The highest BCUT2D eigenvalue weighted by atomic mass is 32.2. The molecule has 1 aliphatic rings. The molecule has 0 heterocycles. The van der Waals surface area contributed by atoms with Gasteiger partial charge in [0.05, 0.1) is 0 Å². The van der Waals surface area contributed by atoms with E-state index in [1.54, 1.807) is 0 Å². The van der Waals surface area contributed by atoms with E-state index in [2.05, 4.69) is 9.44 Å². The number of hydrogen-bond donors (Lipinski definition) is 3. The highest BCUT2D eigenvalue weighted by molar-refractivity contribution is 7.87. The summed E-state index contributed by atoms with van der Waals surface area (Å²) in [6.07, 6.45) is 1.38. The maximum atomic E-state index is 11.3. The molecule has 82 valence electrons. The lowest BCUT2D eigenvalue weighted by molar-refractivity contribution is -0.140. The van der Waals surface area contributed by atoms with Crippen LogP contribution >= 0.6 is 0 Å². The van der Waals surface area contributed by atoms with Crippen LogP contribution in [0.1, 0.15) is 26.2 Å². The zero-order chi connectivity index (χ0) is 10.8. The zero-order valence-corrected chi connectivity index (χ0v) is 8.73. The molecule has 0 bridgehead atoms. The minimum atomic E-state index is -3.66. The molecule has 0 aromatic rings. The van der Waals surface area contributed by atoms with Gasteiger partial charge in [-0.1, -0.05) is 6.92 Å². The molecular weight excluding hydrogens is 208 g/mol. The molecule has 0 unspecified atom stereocenters. The molecule has 0 spiro atoms. The standard InChI is InChI=1S/C7H14N2O4S/c1-2-5-8-14(12,13)9-7(3-4-7)6(10)11/h8-9H,2-5H2,1H3,(H,10,11). The number of rotatable bonds is 6. The molecule has 1 saturated carbocycles. The van der Waals surface area contributed by atoms with Gasteiger partial charge in [-0.3, -0.25) is 4.79 Å². The molecule has 0 aromatic carbocycles. The maximum Gasteiger partial charge on any atom is 0.324 e. The van der Waals surface area contributed by atoms with E-state index in [0.29, 0.717) is 25.8 Å². The van der Waals surface area contributed by atoms with Crippen molar-refractivity contribution in [2.45, 2.75) is 31.7 Å². The van der Waals surface area contributed by atoms with E-state index >= 15 is 0 Å². The van der Waals surface area contributed by atoms with Gasteiger partial charge in [-0.15, -0.1) is 0 Å². The zero-order valence-electron chi connectivity index (χ0n) is 7.91. The summed E-state index contributed by atoms with van der Waals surface area (Å²) in [5, 5.41) is 8.74. The summed E-state index contributed by atoms with van der Waals surface area (Å²) in [4.78, 5) is 10.7. The van der Waals surface area contributed by atoms with Crippen LogP contribution < -0.4 is 9.44 Å². The molecular formula is C7H14N2O4S. The molecule has 7 heteroatoms. The molecule has 0 aromatic heterocycles. The van der Waals surface area contributed by atoms with Gasteiger partial charge in [-0.25, -0.2) is 4.72 Å². The van der Waals surface area contributed by atoms with Crippen LogP contribution in [0, 0.1) is 0 Å². The van der Waals surface area contributed by atoms with Gasteiger partial charge in [0.25, 0.3) is 10.2 Å². The highest BCUT2D eigenvalue weighted by Gasteiger charge is 2.53. The van der Waals surface area contributed by atoms with Gasteiger partial charge in [-0.05, 0) is 19.3 Å². The van der Waals surface area contributed by atoms with Crippen molar-refractivity contribution in [3.63, 3.8) is 0 Å². The Bertz CT molecular complexity index is 321. The van der Waals surface area contributed by atoms with E-state index in [4.69, 9.17) is 5.11 Å². The Balaban J connectivity index is 2.55. The highest BCUT2D eigenvalue weighted by Crippen LogP contribution is 2.35. The first kappa shape index (κ1) is 11.4. The molecule has 0 saturated heterocycles. The summed E-state index contributed by atoms with van der Waals surface area (Å²) in [7, 11) is -3.66. The quantitative estimate of drug-likeness (QED) is 0.561. The topological polar surface area (TPSA) is 95.5 Å². The number of carboxylic acid groups (broad SMARTS) is 1. The Morgan fingerprint density at radius 1 is 1.50 bits per heavy atom. The van der Waals surface area contributed by atoms with Gasteiger partial charge in [0.1, 0.15) is 5.54 Å². The fraction of sp³-hybridized carbons (Fsp3) is 0.857. The second kappa shape index (κ2) is 3.84. The SMILES string of the molecule is CCCNS(=O)(=O)NC1(C(=O)O)CC1. The second-order valence-corrected chi connectivity index (χ2v) is 4.89. The first-order chi connectivity index (χ1) is 6.42. The van der Waals surface area contributed by atoms with Crippen LogP contribution in [0.2, 0.25) is 0 Å². The Hall–Kier alpha value is -0.660. The number of hydrogen-bond acceptors (Lipinski definition) is 3. The molecule has 0 atom stereocenters. The molecule has 3 N–H and O–H groups in total. The van der Waals surface area contributed by atoms with Crippen LogP contribution in [0.4, 0.5) is 0 Å². The lowest BCUT2D eigenvalue weighted by atomic mass is 10.3. The average molecular weight is 222 g/mol. The molecule has 0 amide bonds. The molecule has 6 nitrogen and oxygen atoms in total. The van der Waals surface area contributed by atoms with E-state index in [9.17, 15) is 13.2 Å². The normalized spacial score (nSPS) is 19.2. The number of aliphatic carboxylic acids is 1. The van der Waals surface area contributed by atoms with Gasteiger partial charge >= 0.3 is 5.97 Å². The van der Waals surface area contributed by atoms with Crippen molar-refractivity contribution in [3.05, 3.63) is 0 Å². The van der Waals surface area contributed by atoms with Crippen molar-refractivity contribution in [3.8, 4) is 0 Å². The first-order valence-electron chi connectivity index (χ1n) is 4.44. The molecule has 14 heavy (non-hydrogen) atoms. The van der Waals surface area contributed by atoms with Gasteiger partial charge in [0.2, 0.25) is 0 Å². The minimum Gasteiger partial charge on any atom is -0.480 e. The average Bonchev–Trinajstić information content (AvgIpc) is 2.81. The van der Waals surface area contributed by atoms with E-state index in [0.717, 1.165) is 0 Å². The fourth-order valence-electron chi connectivity index (χ4n) is 1.01. The van der Waals surface area contributed by atoms with Crippen molar-refractivity contribution in [2.24, 2.45) is 0 Å². The fourth-order valence-corrected chi connectivity index (χ4v) is 2.37. The monoisotopic (exact) mass is 222 g/mol. The van der Waals surface area contributed by atoms with Crippen LogP contribution in [0.5, 0.6) is 0 Å². The summed E-state index contributed by atoms with van der Waals surface area (Å²) in [6, 6.07) is 0. The Labute approximate surface area is 82.9 Å². The van der Waals surface area contributed by atoms with Crippen molar-refractivity contribution in [2.75, 3.05) is 6.54 Å². The number of nitrogens with one attached hydrogen (secondary N) is 2. The molecule has 1 fully saturated rings. The Morgan fingerprint density at radius 3 is 2.43 bits per heavy atom.